The van der Waals surface area contributed by atoms with Gasteiger partial charge in [0.2, 0.25) is 0 Å². The normalized spacial score (nSPS) is 11.3. The van der Waals surface area contributed by atoms with E-state index in [1.54, 1.807) is 60.7 Å². The van der Waals surface area contributed by atoms with Crippen LogP contribution in [0.5, 0.6) is 0 Å². The van der Waals surface area contributed by atoms with Gasteiger partial charge in [-0.3, -0.25) is 14.8 Å². The van der Waals surface area contributed by atoms with Gasteiger partial charge in [0.05, 0.1) is 20.8 Å². The van der Waals surface area contributed by atoms with Crippen molar-refractivity contribution in [3.05, 3.63) is 84.4 Å². The standard InChI is InChI=1S/C20H15N3O3S2/c24-19(14-7-3-1-4-8-14)22-20-21-17-13-15(11-12-18(17)27-20)23-28(25,26)16-9-5-2-6-10-16/h1-13,23H,(H,21,22,24). The van der Waals surface area contributed by atoms with Crippen LogP contribution in [-0.2, 0) is 10.0 Å². The molecule has 0 radical (unpaired) electrons. The van der Waals surface area contributed by atoms with Gasteiger partial charge in [0, 0.05) is 5.56 Å². The first-order chi connectivity index (χ1) is 13.5. The maximum absolute atomic E-state index is 12.5. The van der Waals surface area contributed by atoms with Crippen molar-refractivity contribution in [2.24, 2.45) is 0 Å². The molecule has 6 nitrogen and oxygen atoms in total. The van der Waals surface area contributed by atoms with Crippen molar-refractivity contribution in [2.75, 3.05) is 10.0 Å². The summed E-state index contributed by atoms with van der Waals surface area (Å²) in [6.07, 6.45) is 0. The highest BCUT2D eigenvalue weighted by Gasteiger charge is 2.15. The molecule has 0 aliphatic carbocycles. The van der Waals surface area contributed by atoms with Crippen LogP contribution in [0, 0.1) is 0 Å². The van der Waals surface area contributed by atoms with Crippen molar-refractivity contribution in [3.8, 4) is 0 Å². The number of rotatable bonds is 5. The summed E-state index contributed by atoms with van der Waals surface area (Å²) in [7, 11) is -3.67. The Morgan fingerprint density at radius 3 is 2.29 bits per heavy atom. The Morgan fingerprint density at radius 1 is 0.893 bits per heavy atom. The van der Waals surface area contributed by atoms with E-state index < -0.39 is 10.0 Å². The molecule has 1 amide bonds. The third-order valence-electron chi connectivity index (χ3n) is 3.95. The van der Waals surface area contributed by atoms with Gasteiger partial charge in [0.1, 0.15) is 0 Å². The molecular formula is C20H15N3O3S2. The van der Waals surface area contributed by atoms with Crippen LogP contribution in [0.15, 0.2) is 83.8 Å². The van der Waals surface area contributed by atoms with Crippen LogP contribution in [-0.4, -0.2) is 19.3 Å². The lowest BCUT2D eigenvalue weighted by molar-refractivity contribution is 0.102. The number of nitrogens with zero attached hydrogens (tertiary/aromatic N) is 1. The molecule has 0 atom stereocenters. The molecular weight excluding hydrogens is 394 g/mol. The van der Waals surface area contributed by atoms with E-state index in [4.69, 9.17) is 0 Å². The average Bonchev–Trinajstić information content (AvgIpc) is 3.10. The van der Waals surface area contributed by atoms with E-state index in [-0.39, 0.29) is 10.8 Å². The third-order valence-corrected chi connectivity index (χ3v) is 6.30. The number of fused-ring (bicyclic) bond motifs is 1. The van der Waals surface area contributed by atoms with Crippen LogP contribution in [0.3, 0.4) is 0 Å². The number of sulfonamides is 1. The predicted octanol–water partition coefficient (Wildman–Crippen LogP) is 4.35. The van der Waals surface area contributed by atoms with Gasteiger partial charge in [0.25, 0.3) is 15.9 Å². The van der Waals surface area contributed by atoms with Crippen molar-refractivity contribution in [1.82, 2.24) is 4.98 Å². The lowest BCUT2D eigenvalue weighted by Gasteiger charge is -2.07. The average molecular weight is 409 g/mol. The predicted molar refractivity (Wildman–Crippen MR) is 111 cm³/mol. The molecule has 4 aromatic rings. The maximum atomic E-state index is 12.5. The van der Waals surface area contributed by atoms with E-state index in [0.717, 1.165) is 4.70 Å². The number of carbonyl (C=O) groups is 1. The summed E-state index contributed by atoms with van der Waals surface area (Å²) in [4.78, 5) is 16.8. The Labute approximate surface area is 165 Å². The smallest absolute Gasteiger partial charge is 0.261 e. The first-order valence-electron chi connectivity index (χ1n) is 8.36. The second-order valence-electron chi connectivity index (χ2n) is 5.94. The van der Waals surface area contributed by atoms with E-state index >= 15 is 0 Å². The number of aromatic nitrogens is 1. The molecule has 1 heterocycles. The van der Waals surface area contributed by atoms with E-state index in [1.165, 1.54) is 23.5 Å². The monoisotopic (exact) mass is 409 g/mol. The van der Waals surface area contributed by atoms with Gasteiger partial charge in [-0.15, -0.1) is 0 Å². The molecule has 140 valence electrons. The molecule has 4 rings (SSSR count). The maximum Gasteiger partial charge on any atom is 0.261 e. The summed E-state index contributed by atoms with van der Waals surface area (Å²) in [5.74, 6) is -0.246. The summed E-state index contributed by atoms with van der Waals surface area (Å²) in [5.41, 5.74) is 1.54. The molecule has 0 spiro atoms. The fourth-order valence-electron chi connectivity index (χ4n) is 2.62. The van der Waals surface area contributed by atoms with Crippen LogP contribution in [0.4, 0.5) is 10.8 Å². The van der Waals surface area contributed by atoms with Gasteiger partial charge in [0.15, 0.2) is 5.13 Å². The molecule has 1 aromatic heterocycles. The van der Waals surface area contributed by atoms with Crippen LogP contribution in [0.1, 0.15) is 10.4 Å². The molecule has 8 heteroatoms. The largest absolute Gasteiger partial charge is 0.298 e. The number of hydrogen-bond acceptors (Lipinski definition) is 5. The molecule has 28 heavy (non-hydrogen) atoms. The number of carbonyl (C=O) groups excluding carboxylic acids is 1. The van der Waals surface area contributed by atoms with Gasteiger partial charge in [-0.25, -0.2) is 13.4 Å². The molecule has 0 saturated carbocycles. The Bertz CT molecular complexity index is 1240. The Morgan fingerprint density at radius 2 is 1.57 bits per heavy atom. The Kier molecular flexibility index (Phi) is 4.81. The van der Waals surface area contributed by atoms with Gasteiger partial charge < -0.3 is 0 Å². The summed E-state index contributed by atoms with van der Waals surface area (Å²) < 4.78 is 28.3. The van der Waals surface area contributed by atoms with Gasteiger partial charge in [-0.1, -0.05) is 47.7 Å². The lowest BCUT2D eigenvalue weighted by atomic mass is 10.2. The molecule has 0 unspecified atom stereocenters. The van der Waals surface area contributed by atoms with E-state index in [0.29, 0.717) is 21.9 Å². The van der Waals surface area contributed by atoms with Crippen molar-refractivity contribution in [1.29, 1.82) is 0 Å². The first-order valence-corrected chi connectivity index (χ1v) is 10.7. The summed E-state index contributed by atoms with van der Waals surface area (Å²) in [6, 6.07) is 22.1. The first kappa shape index (κ1) is 18.1. The quantitative estimate of drug-likeness (QED) is 0.513. The second-order valence-corrected chi connectivity index (χ2v) is 8.65. The van der Waals surface area contributed by atoms with Crippen LogP contribution in [0.2, 0.25) is 0 Å². The Hall–Kier alpha value is -3.23. The highest BCUT2D eigenvalue weighted by molar-refractivity contribution is 7.92. The zero-order valence-electron chi connectivity index (χ0n) is 14.5. The molecule has 2 N–H and O–H groups in total. The van der Waals surface area contributed by atoms with Gasteiger partial charge in [-0.2, -0.15) is 0 Å². The second kappa shape index (κ2) is 7.41. The van der Waals surface area contributed by atoms with Crippen LogP contribution in [0.25, 0.3) is 10.2 Å². The van der Waals surface area contributed by atoms with Crippen molar-refractivity contribution >= 4 is 48.3 Å². The third kappa shape index (κ3) is 3.88. The van der Waals surface area contributed by atoms with Gasteiger partial charge >= 0.3 is 0 Å². The SMILES string of the molecule is O=C(Nc1nc2cc(NS(=O)(=O)c3ccccc3)ccc2s1)c1ccccc1. The highest BCUT2D eigenvalue weighted by atomic mass is 32.2. The molecule has 0 aliphatic heterocycles. The molecule has 3 aromatic carbocycles. The zero-order valence-corrected chi connectivity index (χ0v) is 16.1. The van der Waals surface area contributed by atoms with Crippen molar-refractivity contribution < 1.29 is 13.2 Å². The fourth-order valence-corrected chi connectivity index (χ4v) is 4.53. The number of hydrogen-bond donors (Lipinski definition) is 2. The number of nitrogens with one attached hydrogen (secondary N) is 2. The van der Waals surface area contributed by atoms with Gasteiger partial charge in [-0.05, 0) is 42.5 Å². The topological polar surface area (TPSA) is 88.2 Å². The molecule has 0 bridgehead atoms. The number of benzene rings is 3. The summed E-state index contributed by atoms with van der Waals surface area (Å²) in [6.45, 7) is 0. The fraction of sp³-hybridized carbons (Fsp3) is 0. The van der Waals surface area contributed by atoms with E-state index in [9.17, 15) is 13.2 Å². The number of amides is 1. The van der Waals surface area contributed by atoms with Crippen molar-refractivity contribution in [3.63, 3.8) is 0 Å². The number of anilines is 2. The number of thiazole rings is 1. The minimum Gasteiger partial charge on any atom is -0.298 e. The van der Waals surface area contributed by atoms with Crippen LogP contribution < -0.4 is 10.0 Å². The highest BCUT2D eigenvalue weighted by Crippen LogP contribution is 2.29. The lowest BCUT2D eigenvalue weighted by Crippen LogP contribution is -2.12. The van der Waals surface area contributed by atoms with Crippen LogP contribution >= 0.6 is 11.3 Å². The van der Waals surface area contributed by atoms with Crippen molar-refractivity contribution in [2.45, 2.75) is 4.90 Å². The minimum atomic E-state index is -3.67. The minimum absolute atomic E-state index is 0.184. The Balaban J connectivity index is 1.56. The van der Waals surface area contributed by atoms with E-state index in [2.05, 4.69) is 15.0 Å². The zero-order chi connectivity index (χ0) is 19.6. The molecule has 0 fully saturated rings. The summed E-state index contributed by atoms with van der Waals surface area (Å²) >= 11 is 1.32. The van der Waals surface area contributed by atoms with E-state index in [1.807, 2.05) is 6.07 Å². The molecule has 0 aliphatic rings. The summed E-state index contributed by atoms with van der Waals surface area (Å²) in [5, 5.41) is 3.22. The molecule has 0 saturated heterocycles.